The van der Waals surface area contributed by atoms with E-state index in [1.54, 1.807) is 0 Å². The van der Waals surface area contributed by atoms with Gasteiger partial charge in [0.15, 0.2) is 9.84 Å². The molecule has 6 nitrogen and oxygen atoms in total. The Balaban J connectivity index is 1.90. The predicted octanol–water partition coefficient (Wildman–Crippen LogP) is 2.37. The summed E-state index contributed by atoms with van der Waals surface area (Å²) in [6.07, 6.45) is 2.28. The molecule has 0 aliphatic carbocycles. The van der Waals surface area contributed by atoms with Crippen LogP contribution in [-0.2, 0) is 14.6 Å². The molecular weight excluding hydrogens is 395 g/mol. The van der Waals surface area contributed by atoms with Crippen molar-refractivity contribution in [3.63, 3.8) is 0 Å². The second-order valence-corrected chi connectivity index (χ2v) is 9.22. The number of rotatable bonds is 7. The second-order valence-electron chi connectivity index (χ2n) is 6.60. The summed E-state index contributed by atoms with van der Waals surface area (Å²) in [5, 5.41) is 0.266. The van der Waals surface area contributed by atoms with Crippen molar-refractivity contribution in [2.45, 2.75) is 26.2 Å². The van der Waals surface area contributed by atoms with Gasteiger partial charge in [0.25, 0.3) is 5.91 Å². The van der Waals surface area contributed by atoms with Gasteiger partial charge in [-0.1, -0.05) is 31.4 Å². The highest BCUT2D eigenvalue weighted by atomic mass is 35.5. The second kappa shape index (κ2) is 9.50. The molecule has 0 unspecified atom stereocenters. The molecule has 1 saturated heterocycles. The maximum absolute atomic E-state index is 13.9. The number of piperazine rings is 1. The molecule has 0 N–H and O–H groups in total. The molecule has 1 heterocycles. The molecule has 0 bridgehead atoms. The average molecular weight is 419 g/mol. The van der Waals surface area contributed by atoms with E-state index >= 15 is 0 Å². The lowest BCUT2D eigenvalue weighted by Crippen LogP contribution is -2.52. The van der Waals surface area contributed by atoms with E-state index in [4.69, 9.17) is 11.6 Å². The first-order valence-corrected chi connectivity index (χ1v) is 11.2. The Hall–Kier alpha value is -1.67. The molecule has 9 heteroatoms. The Morgan fingerprint density at radius 2 is 1.74 bits per heavy atom. The summed E-state index contributed by atoms with van der Waals surface area (Å²) < 4.78 is 37.9. The summed E-state index contributed by atoms with van der Waals surface area (Å²) in [5.41, 5.74) is -0.110. The normalized spacial score (nSPS) is 15.1. The number of nitrogens with zero attached hydrogens (tertiary/aromatic N) is 2. The molecule has 1 aromatic rings. The maximum Gasteiger partial charge on any atom is 0.257 e. The van der Waals surface area contributed by atoms with Crippen LogP contribution in [0.1, 0.15) is 36.5 Å². The molecule has 0 spiro atoms. The third-order valence-electron chi connectivity index (χ3n) is 4.48. The van der Waals surface area contributed by atoms with Crippen molar-refractivity contribution in [2.75, 3.05) is 37.7 Å². The van der Waals surface area contributed by atoms with E-state index < -0.39 is 33.2 Å². The minimum atomic E-state index is -3.42. The first-order valence-electron chi connectivity index (χ1n) is 8.96. The smallest absolute Gasteiger partial charge is 0.257 e. The monoisotopic (exact) mass is 418 g/mol. The third kappa shape index (κ3) is 6.17. The van der Waals surface area contributed by atoms with Gasteiger partial charge in [-0.2, -0.15) is 0 Å². The van der Waals surface area contributed by atoms with Crippen molar-refractivity contribution >= 4 is 33.3 Å². The van der Waals surface area contributed by atoms with Gasteiger partial charge in [-0.05, 0) is 24.6 Å². The van der Waals surface area contributed by atoms with Crippen molar-refractivity contribution < 1.29 is 22.4 Å². The third-order valence-corrected chi connectivity index (χ3v) is 6.31. The molecule has 27 heavy (non-hydrogen) atoms. The summed E-state index contributed by atoms with van der Waals surface area (Å²) in [4.78, 5) is 27.6. The fraction of sp³-hybridized carbons (Fsp3) is 0.556. The molecule has 1 aromatic carbocycles. The number of hydrogen-bond acceptors (Lipinski definition) is 4. The van der Waals surface area contributed by atoms with Crippen molar-refractivity contribution in [1.29, 1.82) is 0 Å². The number of sulfone groups is 1. The van der Waals surface area contributed by atoms with E-state index in [1.165, 1.54) is 21.9 Å². The van der Waals surface area contributed by atoms with Crippen LogP contribution in [0.5, 0.6) is 0 Å². The highest BCUT2D eigenvalue weighted by molar-refractivity contribution is 7.92. The van der Waals surface area contributed by atoms with E-state index in [0.717, 1.165) is 18.9 Å². The first kappa shape index (κ1) is 21.6. The molecule has 150 valence electrons. The lowest BCUT2D eigenvalue weighted by atomic mass is 10.1. The van der Waals surface area contributed by atoms with Crippen LogP contribution in [0, 0.1) is 5.82 Å². The number of halogens is 2. The van der Waals surface area contributed by atoms with Gasteiger partial charge < -0.3 is 9.80 Å². The molecule has 0 aromatic heterocycles. The van der Waals surface area contributed by atoms with E-state index in [0.29, 0.717) is 6.42 Å². The quantitative estimate of drug-likeness (QED) is 0.637. The average Bonchev–Trinajstić information content (AvgIpc) is 2.63. The van der Waals surface area contributed by atoms with Crippen molar-refractivity contribution in [1.82, 2.24) is 9.80 Å². The van der Waals surface area contributed by atoms with Gasteiger partial charge in [0.05, 0.1) is 11.3 Å². The lowest BCUT2D eigenvalue weighted by Gasteiger charge is -2.34. The molecule has 1 aliphatic heterocycles. The van der Waals surface area contributed by atoms with Crippen LogP contribution in [-0.4, -0.2) is 67.7 Å². The summed E-state index contributed by atoms with van der Waals surface area (Å²) in [6, 6.07) is 3.78. The molecule has 2 amide bonds. The van der Waals surface area contributed by atoms with Gasteiger partial charge in [-0.15, -0.1) is 0 Å². The summed E-state index contributed by atoms with van der Waals surface area (Å²) >= 11 is 5.82. The van der Waals surface area contributed by atoms with Crippen molar-refractivity contribution in [3.05, 3.63) is 34.6 Å². The van der Waals surface area contributed by atoms with E-state index in [1.807, 2.05) is 6.92 Å². The van der Waals surface area contributed by atoms with Crippen molar-refractivity contribution in [2.24, 2.45) is 0 Å². The predicted molar refractivity (Wildman–Crippen MR) is 102 cm³/mol. The number of amides is 2. The van der Waals surface area contributed by atoms with Crippen LogP contribution < -0.4 is 0 Å². The zero-order chi connectivity index (χ0) is 20.0. The highest BCUT2D eigenvalue weighted by Crippen LogP contribution is 2.18. The fourth-order valence-electron chi connectivity index (χ4n) is 2.91. The number of unbranched alkanes of at least 4 members (excludes halogenated alkanes) is 2. The van der Waals surface area contributed by atoms with Crippen LogP contribution in [0.25, 0.3) is 0 Å². The van der Waals surface area contributed by atoms with Crippen LogP contribution in [0.2, 0.25) is 5.02 Å². The van der Waals surface area contributed by atoms with Gasteiger partial charge in [-0.3, -0.25) is 9.59 Å². The number of hydrogen-bond donors (Lipinski definition) is 0. The molecule has 1 fully saturated rings. The Kier molecular flexibility index (Phi) is 7.61. The van der Waals surface area contributed by atoms with Gasteiger partial charge >= 0.3 is 0 Å². The molecule has 2 rings (SSSR count). The number of benzene rings is 1. The highest BCUT2D eigenvalue weighted by Gasteiger charge is 2.28. The largest absolute Gasteiger partial charge is 0.338 e. The van der Waals surface area contributed by atoms with Gasteiger partial charge in [0.1, 0.15) is 11.6 Å². The summed E-state index contributed by atoms with van der Waals surface area (Å²) in [6.45, 7) is 2.85. The molecule has 0 radical (unpaired) electrons. The van der Waals surface area contributed by atoms with Crippen LogP contribution in [0.15, 0.2) is 18.2 Å². The molecule has 0 saturated carbocycles. The molecule has 0 atom stereocenters. The lowest BCUT2D eigenvalue weighted by molar-refractivity contribution is -0.129. The van der Waals surface area contributed by atoms with Gasteiger partial charge in [0.2, 0.25) is 5.91 Å². The summed E-state index contributed by atoms with van der Waals surface area (Å²) in [5.74, 6) is -2.09. The number of carbonyl (C=O) groups is 2. The van der Waals surface area contributed by atoms with Crippen LogP contribution >= 0.6 is 11.6 Å². The Labute approximate surface area is 164 Å². The SMILES string of the molecule is CCCCCS(=O)(=O)CC(=O)N1CCN(C(=O)c2cc(Cl)ccc2F)CC1. The Morgan fingerprint density at radius 1 is 1.11 bits per heavy atom. The zero-order valence-electron chi connectivity index (χ0n) is 15.3. The minimum Gasteiger partial charge on any atom is -0.338 e. The maximum atomic E-state index is 13.9. The van der Waals surface area contributed by atoms with Crippen molar-refractivity contribution in [3.8, 4) is 0 Å². The zero-order valence-corrected chi connectivity index (χ0v) is 16.9. The van der Waals surface area contributed by atoms with E-state index in [2.05, 4.69) is 0 Å². The van der Waals surface area contributed by atoms with E-state index in [9.17, 15) is 22.4 Å². The Bertz CT molecular complexity index is 793. The number of carbonyl (C=O) groups excluding carboxylic acids is 2. The molecular formula is C18H24ClFN2O4S. The van der Waals surface area contributed by atoms with E-state index in [-0.39, 0.29) is 42.5 Å². The standard InChI is InChI=1S/C18H24ClFN2O4S/c1-2-3-4-11-27(25,26)13-17(23)21-7-9-22(10-8-21)18(24)15-12-14(19)5-6-16(15)20/h5-6,12H,2-4,7-11,13H2,1H3. The fourth-order valence-corrected chi connectivity index (χ4v) is 4.43. The van der Waals surface area contributed by atoms with Gasteiger partial charge in [-0.25, -0.2) is 12.8 Å². The first-order chi connectivity index (χ1) is 12.7. The molecule has 1 aliphatic rings. The van der Waals surface area contributed by atoms with Gasteiger partial charge in [0, 0.05) is 31.2 Å². The summed E-state index contributed by atoms with van der Waals surface area (Å²) in [7, 11) is -3.42. The van der Waals surface area contributed by atoms with Crippen LogP contribution in [0.4, 0.5) is 4.39 Å². The Morgan fingerprint density at radius 3 is 2.37 bits per heavy atom. The topological polar surface area (TPSA) is 74.8 Å². The van der Waals surface area contributed by atoms with Crippen LogP contribution in [0.3, 0.4) is 0 Å². The minimum absolute atomic E-state index is 0.0130.